The summed E-state index contributed by atoms with van der Waals surface area (Å²) >= 11 is 0. The molecule has 11 nitrogen and oxygen atoms in total. The molecule has 210 valence electrons. The van der Waals surface area contributed by atoms with Gasteiger partial charge in [0.25, 0.3) is 0 Å². The number of rotatable bonds is 6. The van der Waals surface area contributed by atoms with E-state index in [1.54, 1.807) is 16.6 Å². The fourth-order valence-corrected chi connectivity index (χ4v) is 5.72. The predicted molar refractivity (Wildman–Crippen MR) is 125 cm³/mol. The van der Waals surface area contributed by atoms with Crippen molar-refractivity contribution in [2.45, 2.75) is 81.3 Å². The summed E-state index contributed by atoms with van der Waals surface area (Å²) in [6.45, 7) is 0.959. The van der Waals surface area contributed by atoms with Crippen molar-refractivity contribution in [3.8, 4) is 5.88 Å². The summed E-state index contributed by atoms with van der Waals surface area (Å²) in [4.78, 5) is 17.9. The summed E-state index contributed by atoms with van der Waals surface area (Å²) in [7, 11) is 1.71. The van der Waals surface area contributed by atoms with E-state index in [-0.39, 0.29) is 18.3 Å². The molecule has 4 N–H and O–H groups in total. The molecule has 1 unspecified atom stereocenters. The number of hydrogen-bond donors (Lipinski definition) is 4. The highest BCUT2D eigenvalue weighted by Crippen LogP contribution is 2.40. The zero-order valence-electron chi connectivity index (χ0n) is 20.8. The van der Waals surface area contributed by atoms with Gasteiger partial charge in [0.05, 0.1) is 12.1 Å². The summed E-state index contributed by atoms with van der Waals surface area (Å²) in [6, 6.07) is 0. The fraction of sp³-hybridized carbons (Fsp3) is 0.708. The van der Waals surface area contributed by atoms with Gasteiger partial charge >= 0.3 is 12.1 Å². The molecule has 0 bridgehead atoms. The number of aliphatic hydroxyl groups excluding tert-OH is 3. The number of carboxylic acid groups (broad SMARTS) is 1. The minimum absolute atomic E-state index is 0.0528. The van der Waals surface area contributed by atoms with Gasteiger partial charge in [0.1, 0.15) is 18.3 Å². The number of aromatic nitrogens is 3. The van der Waals surface area contributed by atoms with E-state index in [0.717, 1.165) is 35.0 Å². The van der Waals surface area contributed by atoms with Crippen molar-refractivity contribution in [2.75, 3.05) is 19.6 Å². The lowest BCUT2D eigenvalue weighted by atomic mass is 9.88. The van der Waals surface area contributed by atoms with E-state index in [2.05, 4.69) is 4.98 Å². The Morgan fingerprint density at radius 2 is 1.84 bits per heavy atom. The average molecular weight is 545 g/mol. The minimum Gasteiger partial charge on any atom is -0.479 e. The largest absolute Gasteiger partial charge is 0.479 e. The second kappa shape index (κ2) is 10.2. The van der Waals surface area contributed by atoms with E-state index in [4.69, 9.17) is 14.6 Å². The number of carbonyl (C=O) groups is 1. The molecular weight excluding hydrogens is 513 g/mol. The van der Waals surface area contributed by atoms with Gasteiger partial charge < -0.3 is 34.8 Å². The number of carboxylic acids is 1. The highest BCUT2D eigenvalue weighted by atomic mass is 19.4. The summed E-state index contributed by atoms with van der Waals surface area (Å²) in [5.74, 6) is -1.45. The summed E-state index contributed by atoms with van der Waals surface area (Å²) in [5.41, 5.74) is 2.99. The minimum atomic E-state index is -4.20. The Morgan fingerprint density at radius 1 is 1.13 bits per heavy atom. The van der Waals surface area contributed by atoms with Crippen LogP contribution < -0.4 is 4.74 Å². The van der Waals surface area contributed by atoms with Crippen LogP contribution in [0, 0.1) is 0 Å². The van der Waals surface area contributed by atoms with E-state index >= 15 is 0 Å². The van der Waals surface area contributed by atoms with Crippen LogP contribution in [-0.4, -0.2) is 103 Å². The van der Waals surface area contributed by atoms with Gasteiger partial charge in [-0.15, -0.1) is 0 Å². The third-order valence-electron chi connectivity index (χ3n) is 7.69. The molecule has 2 fully saturated rings. The molecule has 1 aliphatic carbocycles. The lowest BCUT2D eigenvalue weighted by Crippen LogP contribution is -2.61. The molecule has 0 amide bonds. The lowest BCUT2D eigenvalue weighted by molar-refractivity contribution is -0.271. The standard InChI is InChI=1S/C24H31F3N4O7/c1-30-20-14(15(29-30)11-6-8-31(10-11)9-7-24(25,26)27)12-4-2-3-5-13(12)21(28-20)38-23-18(34)16(32)17(33)19(37-23)22(35)36/h11,16-19,23,32-34H,2-10H2,1H3,(H,35,36)/t11?,16-,17-,18+,19-,23-/m0/s1. The van der Waals surface area contributed by atoms with E-state index in [1.807, 2.05) is 0 Å². The first-order chi connectivity index (χ1) is 17.9. The van der Waals surface area contributed by atoms with Gasteiger partial charge in [0, 0.05) is 37.0 Å². The predicted octanol–water partition coefficient (Wildman–Crippen LogP) is 0.860. The number of alkyl halides is 3. The number of pyridine rings is 1. The Hall–Kier alpha value is -2.52. The SMILES string of the molecule is Cn1nc(C2CCN(CCC(F)(F)F)C2)c2c3c(c(O[C@@H]4O[C@H](C(=O)O)[C@@H](O)[C@H](O)[C@H]4O)nc21)CCCC3. The molecule has 5 rings (SSSR count). The molecule has 4 heterocycles. The number of aliphatic hydroxyl groups is 3. The molecule has 0 saturated carbocycles. The smallest absolute Gasteiger partial charge is 0.390 e. The molecule has 2 aromatic rings. The number of fused-ring (bicyclic) bond motifs is 3. The van der Waals surface area contributed by atoms with Crippen molar-refractivity contribution < 1.29 is 47.9 Å². The third-order valence-corrected chi connectivity index (χ3v) is 7.69. The maximum Gasteiger partial charge on any atom is 0.390 e. The Kier molecular flexibility index (Phi) is 7.28. The number of ether oxygens (including phenoxy) is 2. The first kappa shape index (κ1) is 27.1. The summed E-state index contributed by atoms with van der Waals surface area (Å²) in [6.07, 6.45) is -10.1. The Morgan fingerprint density at radius 3 is 2.53 bits per heavy atom. The van der Waals surface area contributed by atoms with E-state index in [0.29, 0.717) is 38.0 Å². The normalized spacial score (nSPS) is 30.5. The molecule has 38 heavy (non-hydrogen) atoms. The van der Waals surface area contributed by atoms with E-state index in [1.165, 1.54) is 0 Å². The van der Waals surface area contributed by atoms with Crippen LogP contribution in [0.1, 0.15) is 48.4 Å². The fourth-order valence-electron chi connectivity index (χ4n) is 5.72. The van der Waals surface area contributed by atoms with Gasteiger partial charge in [0.15, 0.2) is 11.8 Å². The molecule has 0 spiro atoms. The zero-order chi connectivity index (χ0) is 27.4. The maximum atomic E-state index is 12.7. The number of nitrogens with zero attached hydrogens (tertiary/aromatic N) is 4. The van der Waals surface area contributed by atoms with Crippen molar-refractivity contribution in [3.63, 3.8) is 0 Å². The molecule has 3 aliphatic rings. The maximum absolute atomic E-state index is 12.7. The number of hydrogen-bond acceptors (Lipinski definition) is 9. The average Bonchev–Trinajstić information content (AvgIpc) is 3.47. The molecular formula is C24H31F3N4O7. The second-order valence-electron chi connectivity index (χ2n) is 10.3. The van der Waals surface area contributed by atoms with Crippen LogP contribution >= 0.6 is 0 Å². The number of halogens is 3. The van der Waals surface area contributed by atoms with Crippen molar-refractivity contribution in [3.05, 3.63) is 16.8 Å². The van der Waals surface area contributed by atoms with E-state index < -0.39 is 49.3 Å². The Labute approximate surface area is 215 Å². The molecule has 2 aromatic heterocycles. The van der Waals surface area contributed by atoms with E-state index in [9.17, 15) is 38.4 Å². The molecule has 0 aromatic carbocycles. The molecule has 6 atom stereocenters. The highest BCUT2D eigenvalue weighted by Gasteiger charge is 2.48. The number of aliphatic carboxylic acids is 1. The summed E-state index contributed by atoms with van der Waals surface area (Å²) in [5, 5.41) is 45.5. The van der Waals surface area contributed by atoms with Gasteiger partial charge in [-0.3, -0.25) is 4.68 Å². The van der Waals surface area contributed by atoms with Crippen LogP contribution in [0.2, 0.25) is 0 Å². The van der Waals surface area contributed by atoms with Crippen molar-refractivity contribution in [2.24, 2.45) is 7.05 Å². The number of aryl methyl sites for hydroxylation is 2. The molecule has 14 heteroatoms. The van der Waals surface area contributed by atoms with Crippen molar-refractivity contribution >= 4 is 17.0 Å². The molecule has 2 aliphatic heterocycles. The van der Waals surface area contributed by atoms with Crippen LogP contribution in [0.5, 0.6) is 5.88 Å². The van der Waals surface area contributed by atoms with Gasteiger partial charge in [-0.25, -0.2) is 4.79 Å². The Balaban J connectivity index is 1.46. The first-order valence-corrected chi connectivity index (χ1v) is 12.7. The van der Waals surface area contributed by atoms with Crippen LogP contribution in [0.15, 0.2) is 0 Å². The lowest BCUT2D eigenvalue weighted by Gasteiger charge is -2.38. The van der Waals surface area contributed by atoms with Crippen LogP contribution in [0.4, 0.5) is 13.2 Å². The number of likely N-dealkylation sites (tertiary alicyclic amines) is 1. The quantitative estimate of drug-likeness (QED) is 0.412. The third kappa shape index (κ3) is 5.07. The monoisotopic (exact) mass is 544 g/mol. The van der Waals surface area contributed by atoms with Crippen LogP contribution in [0.25, 0.3) is 11.0 Å². The summed E-state index contributed by atoms with van der Waals surface area (Å²) < 4.78 is 50.9. The Bertz CT molecular complexity index is 1210. The van der Waals surface area contributed by atoms with Crippen molar-refractivity contribution in [1.82, 2.24) is 19.7 Å². The van der Waals surface area contributed by atoms with Crippen LogP contribution in [0.3, 0.4) is 0 Å². The van der Waals surface area contributed by atoms with Gasteiger partial charge in [-0.1, -0.05) is 0 Å². The van der Waals surface area contributed by atoms with Gasteiger partial charge in [-0.05, 0) is 44.2 Å². The van der Waals surface area contributed by atoms with Crippen LogP contribution in [-0.2, 0) is 29.4 Å². The second-order valence-corrected chi connectivity index (χ2v) is 10.3. The van der Waals surface area contributed by atoms with Gasteiger partial charge in [0.2, 0.25) is 12.2 Å². The van der Waals surface area contributed by atoms with Gasteiger partial charge in [-0.2, -0.15) is 23.3 Å². The van der Waals surface area contributed by atoms with Crippen molar-refractivity contribution in [1.29, 1.82) is 0 Å². The zero-order valence-corrected chi connectivity index (χ0v) is 20.8. The molecule has 0 radical (unpaired) electrons. The highest BCUT2D eigenvalue weighted by molar-refractivity contribution is 5.85. The topological polar surface area (TPSA) is 150 Å². The first-order valence-electron chi connectivity index (χ1n) is 12.7. The molecule has 2 saturated heterocycles.